The van der Waals surface area contributed by atoms with E-state index in [4.69, 9.17) is 5.73 Å². The van der Waals surface area contributed by atoms with Crippen molar-refractivity contribution in [2.75, 3.05) is 6.54 Å². The van der Waals surface area contributed by atoms with Gasteiger partial charge in [-0.25, -0.2) is 0 Å². The van der Waals surface area contributed by atoms with Crippen molar-refractivity contribution in [1.82, 2.24) is 0 Å². The molecule has 2 heteroatoms. The van der Waals surface area contributed by atoms with Crippen LogP contribution in [0.1, 0.15) is 19.3 Å². The first kappa shape index (κ1) is 6.43. The fourth-order valence-electron chi connectivity index (χ4n) is 1.29. The quantitative estimate of drug-likeness (QED) is 0.511. The lowest BCUT2D eigenvalue weighted by molar-refractivity contribution is 0.575. The van der Waals surface area contributed by atoms with Crippen LogP contribution in [-0.4, -0.2) is 11.8 Å². The van der Waals surface area contributed by atoms with Gasteiger partial charge in [0.25, 0.3) is 0 Å². The van der Waals surface area contributed by atoms with Crippen LogP contribution in [0.3, 0.4) is 0 Å². The smallest absolute Gasteiger partial charge is 0.00571 e. The fourth-order valence-corrected chi connectivity index (χ4v) is 1.75. The zero-order valence-corrected chi connectivity index (χ0v) is 5.90. The fraction of sp³-hybridized carbons (Fsp3) is 1.00. The molecule has 0 bridgehead atoms. The maximum atomic E-state index is 5.48. The molecule has 2 unspecified atom stereocenters. The Balaban J connectivity index is 2.30. The Morgan fingerprint density at radius 1 is 1.50 bits per heavy atom. The lowest BCUT2D eigenvalue weighted by Crippen LogP contribution is -2.18. The van der Waals surface area contributed by atoms with Crippen molar-refractivity contribution in [2.24, 2.45) is 11.7 Å². The number of thiol groups is 1. The number of hydrogen-bond acceptors (Lipinski definition) is 2. The molecule has 0 saturated heterocycles. The van der Waals surface area contributed by atoms with Gasteiger partial charge in [-0.3, -0.25) is 0 Å². The van der Waals surface area contributed by atoms with Gasteiger partial charge in [0.2, 0.25) is 0 Å². The van der Waals surface area contributed by atoms with E-state index in [0.717, 1.165) is 6.54 Å². The van der Waals surface area contributed by atoms with Crippen LogP contribution in [0, 0.1) is 5.92 Å². The van der Waals surface area contributed by atoms with Crippen LogP contribution < -0.4 is 5.73 Å². The van der Waals surface area contributed by atoms with Crippen LogP contribution in [0.5, 0.6) is 0 Å². The van der Waals surface area contributed by atoms with E-state index in [1.807, 2.05) is 0 Å². The molecule has 0 aliphatic heterocycles. The molecule has 2 N–H and O–H groups in total. The summed E-state index contributed by atoms with van der Waals surface area (Å²) < 4.78 is 0. The second kappa shape index (κ2) is 2.74. The van der Waals surface area contributed by atoms with Crippen molar-refractivity contribution in [3.63, 3.8) is 0 Å². The molecule has 1 fully saturated rings. The third kappa shape index (κ3) is 1.17. The van der Waals surface area contributed by atoms with Gasteiger partial charge < -0.3 is 5.73 Å². The van der Waals surface area contributed by atoms with Crippen LogP contribution in [0.15, 0.2) is 0 Å². The highest BCUT2D eigenvalue weighted by Crippen LogP contribution is 2.28. The number of hydrogen-bond donors (Lipinski definition) is 2. The topological polar surface area (TPSA) is 26.0 Å². The Labute approximate surface area is 56.1 Å². The monoisotopic (exact) mass is 131 g/mol. The third-order valence-corrected chi connectivity index (χ3v) is 2.60. The molecule has 0 amide bonds. The maximum absolute atomic E-state index is 5.48. The summed E-state index contributed by atoms with van der Waals surface area (Å²) >= 11 is 4.39. The molecule has 0 aromatic carbocycles. The minimum absolute atomic E-state index is 0.597. The molecule has 1 saturated carbocycles. The zero-order valence-electron chi connectivity index (χ0n) is 5.01. The van der Waals surface area contributed by atoms with Gasteiger partial charge in [-0.05, 0) is 25.3 Å². The normalized spacial score (nSPS) is 38.2. The van der Waals surface area contributed by atoms with E-state index in [1.54, 1.807) is 0 Å². The molecule has 8 heavy (non-hydrogen) atoms. The minimum atomic E-state index is 0.597. The Kier molecular flexibility index (Phi) is 2.20. The van der Waals surface area contributed by atoms with Crippen molar-refractivity contribution in [3.05, 3.63) is 0 Å². The van der Waals surface area contributed by atoms with Gasteiger partial charge in [-0.1, -0.05) is 6.42 Å². The molecule has 1 aliphatic rings. The summed E-state index contributed by atoms with van der Waals surface area (Å²) in [5.41, 5.74) is 5.48. The van der Waals surface area contributed by atoms with Gasteiger partial charge in [0.05, 0.1) is 0 Å². The minimum Gasteiger partial charge on any atom is -0.330 e. The van der Waals surface area contributed by atoms with E-state index in [-0.39, 0.29) is 0 Å². The van der Waals surface area contributed by atoms with Crippen LogP contribution >= 0.6 is 12.6 Å². The van der Waals surface area contributed by atoms with Crippen LogP contribution in [0.25, 0.3) is 0 Å². The van der Waals surface area contributed by atoms with E-state index in [9.17, 15) is 0 Å². The SMILES string of the molecule is NCC1CCCC1S. The van der Waals surface area contributed by atoms with Crippen molar-refractivity contribution in [2.45, 2.75) is 24.5 Å². The van der Waals surface area contributed by atoms with Crippen LogP contribution in [0.4, 0.5) is 0 Å². The molecule has 0 radical (unpaired) electrons. The maximum Gasteiger partial charge on any atom is 0.00571 e. The van der Waals surface area contributed by atoms with Crippen molar-refractivity contribution in [3.8, 4) is 0 Å². The predicted molar refractivity (Wildman–Crippen MR) is 39.2 cm³/mol. The Morgan fingerprint density at radius 3 is 2.50 bits per heavy atom. The molecule has 2 atom stereocenters. The highest BCUT2D eigenvalue weighted by atomic mass is 32.1. The van der Waals surface area contributed by atoms with Gasteiger partial charge in [-0.2, -0.15) is 12.6 Å². The average Bonchev–Trinajstić information content (AvgIpc) is 2.14. The van der Waals surface area contributed by atoms with Gasteiger partial charge in [0, 0.05) is 5.25 Å². The zero-order chi connectivity index (χ0) is 5.98. The van der Waals surface area contributed by atoms with E-state index < -0.39 is 0 Å². The number of rotatable bonds is 1. The highest BCUT2D eigenvalue weighted by Gasteiger charge is 2.21. The lowest BCUT2D eigenvalue weighted by Gasteiger charge is -2.09. The molecule has 0 aromatic heterocycles. The van der Waals surface area contributed by atoms with Gasteiger partial charge in [0.1, 0.15) is 0 Å². The molecule has 48 valence electrons. The second-order valence-corrected chi connectivity index (χ2v) is 3.16. The second-order valence-electron chi connectivity index (χ2n) is 2.49. The van der Waals surface area contributed by atoms with Crippen LogP contribution in [-0.2, 0) is 0 Å². The summed E-state index contributed by atoms with van der Waals surface area (Å²) in [6.45, 7) is 0.828. The average molecular weight is 131 g/mol. The first-order valence-electron chi connectivity index (χ1n) is 3.22. The summed E-state index contributed by atoms with van der Waals surface area (Å²) in [6.07, 6.45) is 3.89. The molecule has 1 aliphatic carbocycles. The van der Waals surface area contributed by atoms with E-state index in [1.165, 1.54) is 19.3 Å². The molecule has 0 aromatic rings. The Hall–Kier alpha value is 0.310. The third-order valence-electron chi connectivity index (χ3n) is 1.92. The van der Waals surface area contributed by atoms with E-state index in [2.05, 4.69) is 12.6 Å². The van der Waals surface area contributed by atoms with Crippen LogP contribution in [0.2, 0.25) is 0 Å². The molecular weight excluding hydrogens is 118 g/mol. The Bertz CT molecular complexity index is 74.9. The van der Waals surface area contributed by atoms with Crippen molar-refractivity contribution >= 4 is 12.6 Å². The molecule has 1 nitrogen and oxygen atoms in total. The van der Waals surface area contributed by atoms with E-state index in [0.29, 0.717) is 11.2 Å². The van der Waals surface area contributed by atoms with Gasteiger partial charge in [0.15, 0.2) is 0 Å². The standard InChI is InChI=1S/C6H13NS/c7-4-5-2-1-3-6(5)8/h5-6,8H,1-4,7H2. The summed E-state index contributed by atoms with van der Waals surface area (Å²) in [4.78, 5) is 0. The first-order chi connectivity index (χ1) is 3.84. The molecular formula is C6H13NS. The highest BCUT2D eigenvalue weighted by molar-refractivity contribution is 7.81. The van der Waals surface area contributed by atoms with Gasteiger partial charge >= 0.3 is 0 Å². The van der Waals surface area contributed by atoms with E-state index >= 15 is 0 Å². The molecule has 0 heterocycles. The first-order valence-corrected chi connectivity index (χ1v) is 3.74. The largest absolute Gasteiger partial charge is 0.330 e. The summed E-state index contributed by atoms with van der Waals surface area (Å²) in [7, 11) is 0. The summed E-state index contributed by atoms with van der Waals surface area (Å²) in [5.74, 6) is 0.707. The van der Waals surface area contributed by atoms with Crippen molar-refractivity contribution in [1.29, 1.82) is 0 Å². The summed E-state index contributed by atoms with van der Waals surface area (Å²) in [6, 6.07) is 0. The van der Waals surface area contributed by atoms with Crippen molar-refractivity contribution < 1.29 is 0 Å². The number of nitrogens with two attached hydrogens (primary N) is 1. The Morgan fingerprint density at radius 2 is 2.25 bits per heavy atom. The lowest BCUT2D eigenvalue weighted by atomic mass is 10.1. The predicted octanol–water partition coefficient (Wildman–Crippen LogP) is 1.04. The van der Waals surface area contributed by atoms with Gasteiger partial charge in [-0.15, -0.1) is 0 Å². The molecule has 0 spiro atoms. The summed E-state index contributed by atoms with van der Waals surface area (Å²) in [5, 5.41) is 0.597. The molecule has 1 rings (SSSR count).